The summed E-state index contributed by atoms with van der Waals surface area (Å²) in [6.07, 6.45) is 8.29. The Balaban J connectivity index is 1.96. The maximum absolute atomic E-state index is 3.81. The van der Waals surface area contributed by atoms with Gasteiger partial charge in [0.2, 0.25) is 0 Å². The number of hydrogen-bond donors (Lipinski definition) is 1. The summed E-state index contributed by atoms with van der Waals surface area (Å²) in [5, 5.41) is 3.81. The maximum atomic E-state index is 3.81. The average molecular weight is 259 g/mol. The van der Waals surface area contributed by atoms with Gasteiger partial charge >= 0.3 is 0 Å². The van der Waals surface area contributed by atoms with Crippen molar-refractivity contribution in [2.45, 2.75) is 72.3 Å². The molecule has 1 aromatic carbocycles. The van der Waals surface area contributed by atoms with Crippen LogP contribution in [0.5, 0.6) is 0 Å². The van der Waals surface area contributed by atoms with E-state index >= 15 is 0 Å². The highest BCUT2D eigenvalue weighted by atomic mass is 14.9. The Hall–Kier alpha value is -0.980. The second kappa shape index (κ2) is 6.45. The van der Waals surface area contributed by atoms with Crippen molar-refractivity contribution in [2.75, 3.05) is 5.32 Å². The van der Waals surface area contributed by atoms with Crippen molar-refractivity contribution in [1.29, 1.82) is 0 Å². The van der Waals surface area contributed by atoms with E-state index in [9.17, 15) is 0 Å². The van der Waals surface area contributed by atoms with E-state index in [1.807, 2.05) is 0 Å². The van der Waals surface area contributed by atoms with Gasteiger partial charge in [-0.1, -0.05) is 37.5 Å². The van der Waals surface area contributed by atoms with Crippen molar-refractivity contribution in [3.05, 3.63) is 28.8 Å². The smallest absolute Gasteiger partial charge is 0.0401 e. The van der Waals surface area contributed by atoms with Gasteiger partial charge in [0.15, 0.2) is 0 Å². The van der Waals surface area contributed by atoms with E-state index < -0.39 is 0 Å². The van der Waals surface area contributed by atoms with Gasteiger partial charge < -0.3 is 5.32 Å². The summed E-state index contributed by atoms with van der Waals surface area (Å²) in [6, 6.07) is 5.27. The molecule has 1 fully saturated rings. The Kier molecular flexibility index (Phi) is 4.90. The van der Waals surface area contributed by atoms with Gasteiger partial charge in [-0.2, -0.15) is 0 Å². The second-order valence-electron chi connectivity index (χ2n) is 6.42. The largest absolute Gasteiger partial charge is 0.382 e. The van der Waals surface area contributed by atoms with Gasteiger partial charge in [0.1, 0.15) is 0 Å². The van der Waals surface area contributed by atoms with Crippen LogP contribution in [0.4, 0.5) is 5.69 Å². The average Bonchev–Trinajstić information content (AvgIpc) is 2.36. The van der Waals surface area contributed by atoms with Crippen molar-refractivity contribution in [1.82, 2.24) is 0 Å². The molecule has 0 unspecified atom stereocenters. The molecule has 0 heterocycles. The van der Waals surface area contributed by atoms with Gasteiger partial charge in [-0.25, -0.2) is 0 Å². The highest BCUT2D eigenvalue weighted by molar-refractivity contribution is 5.58. The van der Waals surface area contributed by atoms with Crippen molar-refractivity contribution in [3.63, 3.8) is 0 Å². The highest BCUT2D eigenvalue weighted by Gasteiger charge is 2.21. The number of benzene rings is 1. The van der Waals surface area contributed by atoms with E-state index in [1.54, 1.807) is 0 Å². The van der Waals surface area contributed by atoms with Gasteiger partial charge in [0.05, 0.1) is 0 Å². The topological polar surface area (TPSA) is 12.0 Å². The zero-order valence-electron chi connectivity index (χ0n) is 13.1. The molecule has 2 rings (SSSR count). The van der Waals surface area contributed by atoms with Crippen LogP contribution >= 0.6 is 0 Å². The number of rotatable bonds is 4. The zero-order valence-corrected chi connectivity index (χ0v) is 13.1. The normalized spacial score (nSPS) is 23.4. The Labute approximate surface area is 118 Å². The molecule has 1 aromatic rings. The first-order valence-corrected chi connectivity index (χ1v) is 7.94. The fourth-order valence-electron chi connectivity index (χ4n) is 3.62. The van der Waals surface area contributed by atoms with Crippen LogP contribution < -0.4 is 5.32 Å². The molecule has 0 aromatic heterocycles. The van der Waals surface area contributed by atoms with E-state index in [1.165, 1.54) is 60.9 Å². The van der Waals surface area contributed by atoms with E-state index in [-0.39, 0.29) is 0 Å². The highest BCUT2D eigenvalue weighted by Crippen LogP contribution is 2.31. The summed E-state index contributed by atoms with van der Waals surface area (Å²) < 4.78 is 0. The zero-order chi connectivity index (χ0) is 13.8. The summed E-state index contributed by atoms with van der Waals surface area (Å²) in [6.45, 7) is 8.94. The van der Waals surface area contributed by atoms with Crippen LogP contribution in [0.2, 0.25) is 0 Å². The van der Waals surface area contributed by atoms with Gasteiger partial charge in [-0.15, -0.1) is 0 Å². The van der Waals surface area contributed by atoms with Crippen molar-refractivity contribution in [3.8, 4) is 0 Å². The Morgan fingerprint density at radius 1 is 1.00 bits per heavy atom. The van der Waals surface area contributed by atoms with Gasteiger partial charge in [-0.3, -0.25) is 0 Å². The molecule has 1 aliphatic carbocycles. The molecule has 0 aliphatic heterocycles. The van der Waals surface area contributed by atoms with Crippen molar-refractivity contribution >= 4 is 5.69 Å². The van der Waals surface area contributed by atoms with Crippen molar-refractivity contribution in [2.24, 2.45) is 5.92 Å². The lowest BCUT2D eigenvalue weighted by atomic mass is 9.83. The van der Waals surface area contributed by atoms with Crippen LogP contribution in [0.3, 0.4) is 0 Å². The lowest BCUT2D eigenvalue weighted by Gasteiger charge is -2.30. The molecule has 0 amide bonds. The Morgan fingerprint density at radius 3 is 2.11 bits per heavy atom. The third-order valence-electron chi connectivity index (χ3n) is 4.57. The molecule has 0 saturated heterocycles. The molecular weight excluding hydrogens is 230 g/mol. The van der Waals surface area contributed by atoms with Crippen molar-refractivity contribution < 1.29 is 0 Å². The van der Waals surface area contributed by atoms with Crippen LogP contribution in [0.1, 0.15) is 62.1 Å². The summed E-state index contributed by atoms with van der Waals surface area (Å²) in [4.78, 5) is 0. The first kappa shape index (κ1) is 14.4. The minimum absolute atomic E-state index is 0.688. The van der Waals surface area contributed by atoms with E-state index in [2.05, 4.69) is 45.1 Å². The van der Waals surface area contributed by atoms with E-state index in [4.69, 9.17) is 0 Å². The first-order valence-electron chi connectivity index (χ1n) is 7.94. The fraction of sp³-hybridized carbons (Fsp3) is 0.667. The van der Waals surface area contributed by atoms with Crippen LogP contribution in [0.25, 0.3) is 0 Å². The predicted molar refractivity (Wildman–Crippen MR) is 84.9 cm³/mol. The first-order chi connectivity index (χ1) is 9.10. The van der Waals surface area contributed by atoms with Gasteiger partial charge in [0, 0.05) is 11.7 Å². The SMILES string of the molecule is CCCC1CCC(Nc2c(C)cc(C)cc2C)CC1. The summed E-state index contributed by atoms with van der Waals surface area (Å²) >= 11 is 0. The van der Waals surface area contributed by atoms with Crippen LogP contribution in [0.15, 0.2) is 12.1 Å². The molecule has 106 valence electrons. The third-order valence-corrected chi connectivity index (χ3v) is 4.57. The molecule has 1 N–H and O–H groups in total. The molecule has 19 heavy (non-hydrogen) atoms. The molecule has 0 bridgehead atoms. The lowest BCUT2D eigenvalue weighted by molar-refractivity contribution is 0.319. The quantitative estimate of drug-likeness (QED) is 0.765. The molecule has 1 nitrogen and oxygen atoms in total. The molecule has 0 atom stereocenters. The van der Waals surface area contributed by atoms with Gasteiger partial charge in [-0.05, 0) is 63.5 Å². The van der Waals surface area contributed by atoms with Crippen LogP contribution in [-0.2, 0) is 0 Å². The minimum Gasteiger partial charge on any atom is -0.382 e. The lowest BCUT2D eigenvalue weighted by Crippen LogP contribution is -2.26. The van der Waals surface area contributed by atoms with Gasteiger partial charge in [0.25, 0.3) is 0 Å². The standard InChI is InChI=1S/C18H29N/c1-5-6-16-7-9-17(10-8-16)19-18-14(3)11-13(2)12-15(18)4/h11-12,16-17,19H,5-10H2,1-4H3. The Morgan fingerprint density at radius 2 is 1.58 bits per heavy atom. The Bertz CT molecular complexity index is 391. The number of aryl methyl sites for hydroxylation is 3. The molecule has 1 saturated carbocycles. The second-order valence-corrected chi connectivity index (χ2v) is 6.42. The molecule has 1 aliphatic rings. The third kappa shape index (κ3) is 3.75. The molecule has 1 heteroatoms. The minimum atomic E-state index is 0.688. The monoisotopic (exact) mass is 259 g/mol. The fourth-order valence-corrected chi connectivity index (χ4v) is 3.62. The maximum Gasteiger partial charge on any atom is 0.0401 e. The van der Waals surface area contributed by atoms with Crippen LogP contribution in [-0.4, -0.2) is 6.04 Å². The number of hydrogen-bond acceptors (Lipinski definition) is 1. The molecule has 0 radical (unpaired) electrons. The summed E-state index contributed by atoms with van der Waals surface area (Å²) in [7, 11) is 0. The van der Waals surface area contributed by atoms with E-state index in [0.29, 0.717) is 6.04 Å². The number of nitrogens with one attached hydrogen (secondary N) is 1. The summed E-state index contributed by atoms with van der Waals surface area (Å²) in [5.41, 5.74) is 5.54. The van der Waals surface area contributed by atoms with E-state index in [0.717, 1.165) is 5.92 Å². The molecule has 0 spiro atoms. The van der Waals surface area contributed by atoms with Crippen LogP contribution in [0, 0.1) is 26.7 Å². The molecular formula is C18H29N. The predicted octanol–water partition coefficient (Wildman–Crippen LogP) is 5.38. The number of anilines is 1. The summed E-state index contributed by atoms with van der Waals surface area (Å²) in [5.74, 6) is 0.989.